The molecule has 3 amide bonds. The van der Waals surface area contributed by atoms with E-state index in [2.05, 4.69) is 10.6 Å². The van der Waals surface area contributed by atoms with E-state index in [1.54, 1.807) is 25.7 Å². The lowest BCUT2D eigenvalue weighted by Crippen LogP contribution is -2.57. The van der Waals surface area contributed by atoms with Crippen LogP contribution in [0.2, 0.25) is 0 Å². The number of rotatable bonds is 10. The summed E-state index contributed by atoms with van der Waals surface area (Å²) < 4.78 is 21.5. The van der Waals surface area contributed by atoms with Gasteiger partial charge in [-0.1, -0.05) is 121 Å². The first kappa shape index (κ1) is 54.5. The number of hydrogen-bond donors (Lipinski definition) is 3. The maximum Gasteiger partial charge on any atom is 0.408 e. The molecule has 372 valence electrons. The molecule has 3 saturated carbocycles. The Morgan fingerprint density at radius 3 is 1.49 bits per heavy atom. The van der Waals surface area contributed by atoms with Crippen LogP contribution in [0, 0.1) is 40.4 Å². The van der Waals surface area contributed by atoms with E-state index in [0.29, 0.717) is 12.5 Å². The average molecular weight is 934 g/mol. The van der Waals surface area contributed by atoms with Gasteiger partial charge in [-0.05, 0) is 119 Å². The van der Waals surface area contributed by atoms with Crippen LogP contribution in [0.25, 0.3) is 0 Å². The van der Waals surface area contributed by atoms with Gasteiger partial charge >= 0.3 is 30.1 Å². The number of carbonyl (C=O) groups is 6. The molecule has 14 nitrogen and oxygen atoms in total. The van der Waals surface area contributed by atoms with Crippen molar-refractivity contribution in [2.24, 2.45) is 40.4 Å². The summed E-state index contributed by atoms with van der Waals surface area (Å²) in [4.78, 5) is 75.8. The van der Waals surface area contributed by atoms with Gasteiger partial charge in [0.05, 0.1) is 5.92 Å². The van der Waals surface area contributed by atoms with Gasteiger partial charge < -0.3 is 39.6 Å². The van der Waals surface area contributed by atoms with Gasteiger partial charge in [0.15, 0.2) is 0 Å². The minimum absolute atomic E-state index is 0.0527. The average Bonchev–Trinajstić information content (AvgIpc) is 4.02. The van der Waals surface area contributed by atoms with E-state index in [9.17, 15) is 28.8 Å². The largest absolute Gasteiger partial charge is 0.480 e. The first-order valence-corrected chi connectivity index (χ1v) is 24.1. The molecule has 0 spiro atoms. The van der Waals surface area contributed by atoms with Gasteiger partial charge in [0, 0.05) is 6.54 Å². The monoisotopic (exact) mass is 934 g/mol. The summed E-state index contributed by atoms with van der Waals surface area (Å²) >= 11 is 0. The van der Waals surface area contributed by atoms with Gasteiger partial charge in [-0.15, -0.1) is 0 Å². The van der Waals surface area contributed by atoms with E-state index in [0.717, 1.165) is 42.7 Å². The second kappa shape index (κ2) is 23.2. The summed E-state index contributed by atoms with van der Waals surface area (Å²) in [5.41, 5.74) is -0.403. The summed E-state index contributed by atoms with van der Waals surface area (Å²) in [6, 6.07) is 16.1. The lowest BCUT2D eigenvalue weighted by Gasteiger charge is -2.36. The maximum absolute atomic E-state index is 13.8. The van der Waals surface area contributed by atoms with Gasteiger partial charge in [-0.25, -0.2) is 19.2 Å². The summed E-state index contributed by atoms with van der Waals surface area (Å²) in [6.07, 6.45) is 7.78. The molecule has 6 rings (SSSR count). The maximum atomic E-state index is 13.8. The Bertz CT molecular complexity index is 1960. The van der Waals surface area contributed by atoms with Crippen molar-refractivity contribution < 1.29 is 52.8 Å². The molecule has 0 radical (unpaired) electrons. The number of likely N-dealkylation sites (tertiary alicyclic amines) is 1. The molecule has 2 aromatic rings. The zero-order valence-corrected chi connectivity index (χ0v) is 42.1. The van der Waals surface area contributed by atoms with Crippen LogP contribution in [0.5, 0.6) is 0 Å². The molecular formula is C53H79N3O11. The number of aliphatic carboxylic acids is 1. The highest BCUT2D eigenvalue weighted by Crippen LogP contribution is 2.48. The van der Waals surface area contributed by atoms with Gasteiger partial charge in [0.1, 0.15) is 42.5 Å². The minimum atomic E-state index is -1.08. The molecule has 0 aromatic heterocycles. The van der Waals surface area contributed by atoms with Crippen molar-refractivity contribution in [2.45, 2.75) is 177 Å². The number of amides is 3. The second-order valence-electron chi connectivity index (χ2n) is 22.7. The lowest BCUT2D eigenvalue weighted by molar-refractivity contribution is -0.165. The second-order valence-corrected chi connectivity index (χ2v) is 22.7. The quantitative estimate of drug-likeness (QED) is 0.152. The number of carboxylic acids is 1. The van der Waals surface area contributed by atoms with Crippen molar-refractivity contribution in [1.29, 1.82) is 0 Å². The standard InChI is InChI=1S/C26H38N2O5.C14H19NO4.C13H22O2/c1-25(2,3)21(27-24(31)32-16-17-11-8-7-9-12-17)22(29)28-15-18-13-10-14-19(18)20(28)23(30)33-26(4,5)6;1-14(2,3)11(12(16)17)15-13(18)19-9-10-7-5-4-6-8-10;1-13(2,3)15-12(14)11-8-7-9-5-4-6-10(9)11/h7-9,11-12,18-21H,10,13-16H2,1-6H3,(H,27,31);4-8,11H,9H2,1-3H3,(H,15,18)(H,16,17);9-11H,4-8H2,1-3H3/t18-,19-,20-,21+;11-;9-,10-,11-/m010/s1. The number of ether oxygens (including phenoxy) is 4. The van der Waals surface area contributed by atoms with E-state index in [1.165, 1.54) is 25.7 Å². The molecule has 1 heterocycles. The highest BCUT2D eigenvalue weighted by atomic mass is 16.6. The molecule has 1 saturated heterocycles. The zero-order chi connectivity index (χ0) is 49.9. The first-order valence-electron chi connectivity index (χ1n) is 24.1. The van der Waals surface area contributed by atoms with Crippen LogP contribution in [-0.4, -0.2) is 81.9 Å². The topological polar surface area (TPSA) is 187 Å². The van der Waals surface area contributed by atoms with Crippen molar-refractivity contribution >= 4 is 36.0 Å². The van der Waals surface area contributed by atoms with Crippen molar-refractivity contribution in [2.75, 3.05) is 6.54 Å². The normalized spacial score (nSPS) is 23.1. The molecule has 3 N–H and O–H groups in total. The number of alkyl carbamates (subject to hydrolysis) is 2. The number of nitrogens with zero attached hydrogens (tertiary/aromatic N) is 1. The number of benzene rings is 2. The number of carbonyl (C=O) groups excluding carboxylic acids is 5. The van der Waals surface area contributed by atoms with Gasteiger partial charge in [0.25, 0.3) is 0 Å². The number of esters is 2. The summed E-state index contributed by atoms with van der Waals surface area (Å²) in [7, 11) is 0. The Hall–Kier alpha value is -5.14. The fourth-order valence-electron chi connectivity index (χ4n) is 9.66. The Morgan fingerprint density at radius 1 is 0.582 bits per heavy atom. The third-order valence-electron chi connectivity index (χ3n) is 12.8. The minimum Gasteiger partial charge on any atom is -0.480 e. The molecule has 0 unspecified atom stereocenters. The molecule has 1 aliphatic heterocycles. The van der Waals surface area contributed by atoms with E-state index in [1.807, 2.05) is 123 Å². The molecule has 8 atom stereocenters. The molecule has 0 bridgehead atoms. The van der Waals surface area contributed by atoms with E-state index < -0.39 is 52.7 Å². The fourth-order valence-corrected chi connectivity index (χ4v) is 9.66. The zero-order valence-electron chi connectivity index (χ0n) is 42.1. The van der Waals surface area contributed by atoms with Gasteiger partial charge in [0.2, 0.25) is 5.91 Å². The third-order valence-corrected chi connectivity index (χ3v) is 12.8. The van der Waals surface area contributed by atoms with E-state index in [-0.39, 0.29) is 54.4 Å². The smallest absolute Gasteiger partial charge is 0.408 e. The Morgan fingerprint density at radius 2 is 1.03 bits per heavy atom. The van der Waals surface area contributed by atoms with Crippen LogP contribution in [0.4, 0.5) is 9.59 Å². The van der Waals surface area contributed by atoms with Crippen molar-refractivity contribution in [3.05, 3.63) is 71.8 Å². The van der Waals surface area contributed by atoms with Crippen molar-refractivity contribution in [3.63, 3.8) is 0 Å². The van der Waals surface area contributed by atoms with Gasteiger partial charge in [-0.2, -0.15) is 0 Å². The lowest BCUT2D eigenvalue weighted by atomic mass is 9.85. The van der Waals surface area contributed by atoms with E-state index >= 15 is 0 Å². The fraction of sp³-hybridized carbons (Fsp3) is 0.660. The van der Waals surface area contributed by atoms with Crippen molar-refractivity contribution in [1.82, 2.24) is 15.5 Å². The molecule has 3 aliphatic carbocycles. The summed E-state index contributed by atoms with van der Waals surface area (Å²) in [6.45, 7) is 23.0. The highest BCUT2D eigenvalue weighted by molar-refractivity contribution is 5.91. The number of carboxylic acid groups (broad SMARTS) is 1. The van der Waals surface area contributed by atoms with Crippen LogP contribution in [0.3, 0.4) is 0 Å². The third kappa shape index (κ3) is 16.9. The summed E-state index contributed by atoms with van der Waals surface area (Å²) in [5, 5.41) is 14.2. The summed E-state index contributed by atoms with van der Waals surface area (Å²) in [5.74, 6) is 0.417. The molecular weight excluding hydrogens is 855 g/mol. The van der Waals surface area contributed by atoms with Crippen LogP contribution >= 0.6 is 0 Å². The van der Waals surface area contributed by atoms with Crippen LogP contribution < -0.4 is 10.6 Å². The van der Waals surface area contributed by atoms with Crippen LogP contribution in [0.1, 0.15) is 146 Å². The van der Waals surface area contributed by atoms with E-state index in [4.69, 9.17) is 24.1 Å². The highest BCUT2D eigenvalue weighted by Gasteiger charge is 2.53. The Labute approximate surface area is 399 Å². The number of nitrogens with one attached hydrogen (secondary N) is 2. The first-order chi connectivity index (χ1) is 31.1. The molecule has 4 fully saturated rings. The SMILES string of the molecule is CC(C)(C)OC(=O)[C@@H]1[C@H]2CCC[C@H]2CN1C(=O)[C@@H](NC(=O)OCc1ccccc1)C(C)(C)C.CC(C)(C)OC(=O)[C@H]1CC[C@@H]2CCC[C@@H]21.CC(C)(C)[C@H](NC(=O)OCc1ccccc1)C(=O)O. The number of fused-ring (bicyclic) bond motifs is 2. The Balaban J connectivity index is 0.000000243. The van der Waals surface area contributed by atoms with Crippen LogP contribution in [-0.2, 0) is 51.3 Å². The predicted molar refractivity (Wildman–Crippen MR) is 255 cm³/mol. The number of hydrogen-bond acceptors (Lipinski definition) is 10. The van der Waals surface area contributed by atoms with Gasteiger partial charge in [-0.3, -0.25) is 9.59 Å². The molecule has 14 heteroatoms. The van der Waals surface area contributed by atoms with Crippen LogP contribution in [0.15, 0.2) is 60.7 Å². The molecule has 67 heavy (non-hydrogen) atoms. The van der Waals surface area contributed by atoms with Crippen molar-refractivity contribution in [3.8, 4) is 0 Å². The predicted octanol–water partition coefficient (Wildman–Crippen LogP) is 9.86. The Kier molecular flexibility index (Phi) is 18.9. The molecule has 2 aromatic carbocycles. The molecule has 4 aliphatic rings.